The normalized spacial score (nSPS) is 15.4. The third-order valence-corrected chi connectivity index (χ3v) is 8.54. The molecule has 2 aliphatic rings. The Kier molecular flexibility index (Phi) is 7.87. The number of hydrogen-bond donors (Lipinski definition) is 3. The van der Waals surface area contributed by atoms with Crippen molar-refractivity contribution in [2.24, 2.45) is 5.14 Å². The smallest absolute Gasteiger partial charge is 0.350 e. The van der Waals surface area contributed by atoms with E-state index in [0.29, 0.717) is 47.1 Å². The average molecular weight is 587 g/mol. The number of aryl methyl sites for hydroxylation is 1. The highest BCUT2D eigenvalue weighted by atomic mass is 32.2. The zero-order chi connectivity index (χ0) is 28.4. The molecule has 5 rings (SSSR count). The number of carbonyl (C=O) groups excluding carboxylic acids is 2. The molecule has 0 bridgehead atoms. The molecule has 2 aliphatic heterocycles. The van der Waals surface area contributed by atoms with E-state index < -0.39 is 16.0 Å². The molecule has 1 amide bonds. The van der Waals surface area contributed by atoms with Crippen molar-refractivity contribution in [2.45, 2.75) is 38.1 Å². The summed E-state index contributed by atoms with van der Waals surface area (Å²) in [5.41, 5.74) is 2.37. The summed E-state index contributed by atoms with van der Waals surface area (Å²) in [7, 11) is -3.78. The molecule has 13 nitrogen and oxygen atoms in total. The molecule has 0 unspecified atom stereocenters. The van der Waals surface area contributed by atoms with Crippen molar-refractivity contribution in [3.8, 4) is 0 Å². The van der Waals surface area contributed by atoms with E-state index in [2.05, 4.69) is 20.5 Å². The molecule has 1 fully saturated rings. The molecule has 4 N–H and O–H groups in total. The number of hydrogen-bond acceptors (Lipinski definition) is 12. The summed E-state index contributed by atoms with van der Waals surface area (Å²) >= 11 is 1.16. The molecular weight excluding hydrogens is 556 g/mol. The summed E-state index contributed by atoms with van der Waals surface area (Å²) in [6, 6.07) is 6.46. The molecule has 2 aromatic heterocycles. The first kappa shape index (κ1) is 27.7. The molecule has 0 saturated carbocycles. The second-order valence-electron chi connectivity index (χ2n) is 9.44. The number of primary sulfonamides is 1. The zero-order valence-corrected chi connectivity index (χ0v) is 23.8. The van der Waals surface area contributed by atoms with Gasteiger partial charge in [0.05, 0.1) is 23.7 Å². The van der Waals surface area contributed by atoms with E-state index >= 15 is 0 Å². The van der Waals surface area contributed by atoms with Crippen LogP contribution in [0.3, 0.4) is 0 Å². The lowest BCUT2D eigenvalue weighted by Crippen LogP contribution is -2.48. The van der Waals surface area contributed by atoms with Crippen molar-refractivity contribution in [1.29, 1.82) is 0 Å². The Hall–Kier alpha value is -3.82. The van der Waals surface area contributed by atoms with E-state index in [4.69, 9.17) is 19.8 Å². The number of esters is 1. The van der Waals surface area contributed by atoms with Gasteiger partial charge in [-0.25, -0.2) is 23.3 Å². The zero-order valence-electron chi connectivity index (χ0n) is 22.1. The lowest BCUT2D eigenvalue weighted by atomic mass is 10.0. The largest absolute Gasteiger partial charge is 0.462 e. The Bertz CT molecular complexity index is 1540. The molecular formula is C25H30N8O5S2. The highest BCUT2D eigenvalue weighted by Crippen LogP contribution is 2.36. The van der Waals surface area contributed by atoms with Crippen LogP contribution in [-0.2, 0) is 32.5 Å². The maximum absolute atomic E-state index is 12.3. The van der Waals surface area contributed by atoms with Gasteiger partial charge in [-0.3, -0.25) is 10.1 Å². The van der Waals surface area contributed by atoms with Gasteiger partial charge in [0, 0.05) is 31.7 Å². The Morgan fingerprint density at radius 3 is 2.62 bits per heavy atom. The van der Waals surface area contributed by atoms with Crippen LogP contribution >= 0.6 is 11.3 Å². The summed E-state index contributed by atoms with van der Waals surface area (Å²) in [5.74, 6) is 1.18. The van der Waals surface area contributed by atoms with Gasteiger partial charge in [-0.2, -0.15) is 9.97 Å². The highest BCUT2D eigenvalue weighted by Gasteiger charge is 2.29. The third kappa shape index (κ3) is 6.00. The van der Waals surface area contributed by atoms with Gasteiger partial charge < -0.3 is 19.9 Å². The SMILES string of the molecule is CCOC(=O)c1sc(Nc2nc(N3CCNC(=O)C3)c3c(n2)N(Cc2ccc(S(N)(=O)=O)cc2)CCC3)nc1C. The number of carbonyl (C=O) groups is 2. The highest BCUT2D eigenvalue weighted by molar-refractivity contribution is 7.89. The van der Waals surface area contributed by atoms with Crippen molar-refractivity contribution in [2.75, 3.05) is 47.9 Å². The van der Waals surface area contributed by atoms with E-state index in [1.807, 2.05) is 4.90 Å². The summed E-state index contributed by atoms with van der Waals surface area (Å²) in [4.78, 5) is 43.2. The first-order valence-corrected chi connectivity index (χ1v) is 15.2. The molecule has 1 aromatic carbocycles. The van der Waals surface area contributed by atoms with Crippen LogP contribution in [0.25, 0.3) is 0 Å². The van der Waals surface area contributed by atoms with Crippen molar-refractivity contribution < 1.29 is 22.7 Å². The van der Waals surface area contributed by atoms with Crippen LogP contribution in [0.15, 0.2) is 29.2 Å². The molecule has 212 valence electrons. The number of nitrogens with zero attached hydrogens (tertiary/aromatic N) is 5. The van der Waals surface area contributed by atoms with Crippen LogP contribution in [0.4, 0.5) is 22.7 Å². The number of sulfonamides is 1. The fraction of sp³-hybridized carbons (Fsp3) is 0.400. The van der Waals surface area contributed by atoms with Gasteiger partial charge in [0.1, 0.15) is 16.5 Å². The molecule has 0 radical (unpaired) electrons. The number of nitrogens with two attached hydrogens (primary N) is 1. The molecule has 4 heterocycles. The Morgan fingerprint density at radius 1 is 1.18 bits per heavy atom. The minimum Gasteiger partial charge on any atom is -0.462 e. The molecule has 1 saturated heterocycles. The fourth-order valence-corrected chi connectivity index (χ4v) is 6.09. The van der Waals surface area contributed by atoms with Crippen molar-refractivity contribution in [1.82, 2.24) is 20.3 Å². The summed E-state index contributed by atoms with van der Waals surface area (Å²) in [6.07, 6.45) is 1.60. The number of thiazole rings is 1. The topological polar surface area (TPSA) is 173 Å². The van der Waals surface area contributed by atoms with Crippen LogP contribution in [-0.4, -0.2) is 68.0 Å². The van der Waals surface area contributed by atoms with Gasteiger partial charge in [0.15, 0.2) is 5.13 Å². The van der Waals surface area contributed by atoms with E-state index in [9.17, 15) is 18.0 Å². The minimum atomic E-state index is -3.78. The Morgan fingerprint density at radius 2 is 1.93 bits per heavy atom. The van der Waals surface area contributed by atoms with Gasteiger partial charge in [0.2, 0.25) is 21.9 Å². The van der Waals surface area contributed by atoms with Crippen molar-refractivity contribution in [3.05, 3.63) is 46.0 Å². The van der Waals surface area contributed by atoms with Gasteiger partial charge in [-0.15, -0.1) is 0 Å². The van der Waals surface area contributed by atoms with Crippen molar-refractivity contribution >= 4 is 56.0 Å². The van der Waals surface area contributed by atoms with Crippen LogP contribution in [0.2, 0.25) is 0 Å². The molecule has 3 aromatic rings. The molecule has 15 heteroatoms. The Labute approximate surface area is 235 Å². The van der Waals surface area contributed by atoms with E-state index in [1.54, 1.807) is 26.0 Å². The summed E-state index contributed by atoms with van der Waals surface area (Å²) in [6.45, 7) is 6.25. The van der Waals surface area contributed by atoms with Crippen LogP contribution < -0.4 is 25.6 Å². The van der Waals surface area contributed by atoms with Crippen LogP contribution in [0.5, 0.6) is 0 Å². The molecule has 0 atom stereocenters. The second kappa shape index (κ2) is 11.3. The molecule has 0 aliphatic carbocycles. The number of benzene rings is 1. The van der Waals surface area contributed by atoms with E-state index in [-0.39, 0.29) is 24.0 Å². The number of amides is 1. The number of ether oxygens (including phenoxy) is 1. The summed E-state index contributed by atoms with van der Waals surface area (Å²) in [5, 5.41) is 11.7. The van der Waals surface area contributed by atoms with Crippen LogP contribution in [0.1, 0.15) is 39.8 Å². The van der Waals surface area contributed by atoms with Crippen molar-refractivity contribution in [3.63, 3.8) is 0 Å². The predicted octanol–water partition coefficient (Wildman–Crippen LogP) is 1.70. The number of fused-ring (bicyclic) bond motifs is 1. The predicted molar refractivity (Wildman–Crippen MR) is 151 cm³/mol. The summed E-state index contributed by atoms with van der Waals surface area (Å²) < 4.78 is 28.5. The fourth-order valence-electron chi connectivity index (χ4n) is 4.73. The van der Waals surface area contributed by atoms with Gasteiger partial charge in [0.25, 0.3) is 0 Å². The minimum absolute atomic E-state index is 0.0516. The number of aromatic nitrogens is 3. The standard InChI is InChI=1S/C25H30N8O5S2/c1-3-38-23(35)20-15(2)28-25(39-20)31-24-29-21-18(22(30-24)33-12-10-27-19(34)14-33)5-4-11-32(21)13-16-6-8-17(9-7-16)40(26,36)37/h6-9H,3-5,10-14H2,1-2H3,(H,27,34)(H2,26,36,37)(H,28,29,30,31). The van der Waals surface area contributed by atoms with Gasteiger partial charge in [-0.1, -0.05) is 23.5 Å². The van der Waals surface area contributed by atoms with Gasteiger partial charge in [-0.05, 0) is 44.4 Å². The molecule has 40 heavy (non-hydrogen) atoms. The Balaban J connectivity index is 1.50. The second-order valence-corrected chi connectivity index (χ2v) is 12.0. The third-order valence-electron chi connectivity index (χ3n) is 6.56. The number of nitrogens with one attached hydrogen (secondary N) is 2. The van der Waals surface area contributed by atoms with E-state index in [1.165, 1.54) is 12.1 Å². The lowest BCUT2D eigenvalue weighted by Gasteiger charge is -2.35. The van der Waals surface area contributed by atoms with Crippen LogP contribution in [0, 0.1) is 6.92 Å². The maximum atomic E-state index is 12.3. The maximum Gasteiger partial charge on any atom is 0.350 e. The van der Waals surface area contributed by atoms with E-state index in [0.717, 1.165) is 47.7 Å². The monoisotopic (exact) mass is 586 g/mol. The number of piperazine rings is 1. The molecule has 0 spiro atoms. The average Bonchev–Trinajstić information content (AvgIpc) is 3.28. The quantitative estimate of drug-likeness (QED) is 0.328. The lowest BCUT2D eigenvalue weighted by molar-refractivity contribution is -0.120. The number of rotatable bonds is 8. The first-order chi connectivity index (χ1) is 19.1. The number of anilines is 4. The van der Waals surface area contributed by atoms with Gasteiger partial charge >= 0.3 is 5.97 Å². The first-order valence-electron chi connectivity index (χ1n) is 12.8.